The summed E-state index contributed by atoms with van der Waals surface area (Å²) < 4.78 is 11.3. The number of rotatable bonds is 7. The molecule has 0 bridgehead atoms. The standard InChI is InChI=1S/C20H24N4O2/c1-4-25-16-11-10-14(12-17(16)26-5-2)18(21)20-22-19(23-24-20)15-9-7-6-8-13(15)3/h6-12,18H,4-5,21H2,1-3H3,(H,22,23,24)/t18-/m0/s1. The number of aromatic nitrogens is 3. The number of nitrogens with zero attached hydrogens (tertiary/aromatic N) is 2. The van der Waals surface area contributed by atoms with E-state index in [-0.39, 0.29) is 0 Å². The molecule has 6 nitrogen and oxygen atoms in total. The van der Waals surface area contributed by atoms with E-state index in [1.54, 1.807) is 0 Å². The number of hydrogen-bond acceptors (Lipinski definition) is 5. The Hall–Kier alpha value is -2.86. The summed E-state index contributed by atoms with van der Waals surface area (Å²) in [4.78, 5) is 4.59. The molecule has 0 amide bonds. The lowest BCUT2D eigenvalue weighted by Gasteiger charge is -2.14. The van der Waals surface area contributed by atoms with Gasteiger partial charge in [-0.2, -0.15) is 5.10 Å². The Morgan fingerprint density at radius 2 is 1.77 bits per heavy atom. The molecule has 0 spiro atoms. The number of hydrogen-bond donors (Lipinski definition) is 2. The van der Waals surface area contributed by atoms with E-state index in [0.717, 1.165) is 16.7 Å². The van der Waals surface area contributed by atoms with Gasteiger partial charge in [-0.1, -0.05) is 30.3 Å². The van der Waals surface area contributed by atoms with E-state index >= 15 is 0 Å². The Balaban J connectivity index is 1.89. The van der Waals surface area contributed by atoms with E-state index in [9.17, 15) is 0 Å². The van der Waals surface area contributed by atoms with Crippen molar-refractivity contribution in [3.05, 3.63) is 59.4 Å². The monoisotopic (exact) mass is 352 g/mol. The van der Waals surface area contributed by atoms with Crippen LogP contribution in [-0.2, 0) is 0 Å². The minimum atomic E-state index is -0.435. The molecule has 0 aliphatic heterocycles. The van der Waals surface area contributed by atoms with Crippen LogP contribution < -0.4 is 15.2 Å². The lowest BCUT2D eigenvalue weighted by Crippen LogP contribution is -2.14. The van der Waals surface area contributed by atoms with E-state index in [0.29, 0.717) is 36.4 Å². The number of nitrogens with one attached hydrogen (secondary N) is 1. The van der Waals surface area contributed by atoms with Crippen LogP contribution >= 0.6 is 0 Å². The van der Waals surface area contributed by atoms with Gasteiger partial charge in [-0.05, 0) is 44.0 Å². The Kier molecular flexibility index (Phi) is 5.53. The van der Waals surface area contributed by atoms with E-state index in [1.165, 1.54) is 0 Å². The van der Waals surface area contributed by atoms with Crippen LogP contribution in [0.15, 0.2) is 42.5 Å². The predicted octanol–water partition coefficient (Wildman–Crippen LogP) is 3.63. The fourth-order valence-electron chi connectivity index (χ4n) is 2.78. The third-order valence-electron chi connectivity index (χ3n) is 4.11. The van der Waals surface area contributed by atoms with Crippen molar-refractivity contribution in [1.82, 2.24) is 15.2 Å². The summed E-state index contributed by atoms with van der Waals surface area (Å²) in [6.45, 7) is 7.04. The van der Waals surface area contributed by atoms with Gasteiger partial charge < -0.3 is 15.2 Å². The van der Waals surface area contributed by atoms with Crippen LogP contribution in [0.25, 0.3) is 11.4 Å². The molecule has 3 N–H and O–H groups in total. The van der Waals surface area contributed by atoms with Crippen molar-refractivity contribution in [2.45, 2.75) is 26.8 Å². The molecule has 3 aromatic rings. The maximum Gasteiger partial charge on any atom is 0.181 e. The fourth-order valence-corrected chi connectivity index (χ4v) is 2.78. The Morgan fingerprint density at radius 1 is 1.04 bits per heavy atom. The summed E-state index contributed by atoms with van der Waals surface area (Å²) >= 11 is 0. The summed E-state index contributed by atoms with van der Waals surface area (Å²) in [5.41, 5.74) is 9.39. The SMILES string of the molecule is CCOc1ccc([C@H](N)c2nc(-c3ccccc3C)n[nH]2)cc1OCC. The van der Waals surface area contributed by atoms with Crippen molar-refractivity contribution in [2.24, 2.45) is 5.73 Å². The van der Waals surface area contributed by atoms with Gasteiger partial charge in [-0.25, -0.2) is 4.98 Å². The maximum absolute atomic E-state index is 6.40. The van der Waals surface area contributed by atoms with Crippen molar-refractivity contribution >= 4 is 0 Å². The quantitative estimate of drug-likeness (QED) is 0.678. The van der Waals surface area contributed by atoms with E-state index in [1.807, 2.05) is 63.2 Å². The van der Waals surface area contributed by atoms with E-state index in [2.05, 4.69) is 15.2 Å². The maximum atomic E-state index is 6.40. The summed E-state index contributed by atoms with van der Waals surface area (Å²) in [6.07, 6.45) is 0. The zero-order valence-corrected chi connectivity index (χ0v) is 15.3. The normalized spacial score (nSPS) is 12.0. The molecule has 136 valence electrons. The number of H-pyrrole nitrogens is 1. The van der Waals surface area contributed by atoms with Gasteiger partial charge in [0.05, 0.1) is 19.3 Å². The number of nitrogens with two attached hydrogens (primary N) is 1. The molecule has 1 atom stereocenters. The molecule has 3 rings (SSSR count). The summed E-state index contributed by atoms with van der Waals surface area (Å²) in [7, 11) is 0. The highest BCUT2D eigenvalue weighted by molar-refractivity contribution is 5.59. The zero-order chi connectivity index (χ0) is 18.5. The Labute approximate surface area is 153 Å². The second-order valence-electron chi connectivity index (χ2n) is 5.91. The first-order valence-electron chi connectivity index (χ1n) is 8.77. The van der Waals surface area contributed by atoms with Crippen LogP contribution in [0.4, 0.5) is 0 Å². The molecular weight excluding hydrogens is 328 g/mol. The van der Waals surface area contributed by atoms with Gasteiger partial charge in [0, 0.05) is 5.56 Å². The van der Waals surface area contributed by atoms with Crippen molar-refractivity contribution < 1.29 is 9.47 Å². The molecule has 0 fully saturated rings. The molecule has 26 heavy (non-hydrogen) atoms. The molecule has 0 unspecified atom stereocenters. The minimum absolute atomic E-state index is 0.435. The molecule has 2 aromatic carbocycles. The molecule has 6 heteroatoms. The highest BCUT2D eigenvalue weighted by atomic mass is 16.5. The number of ether oxygens (including phenoxy) is 2. The van der Waals surface area contributed by atoms with Crippen LogP contribution in [-0.4, -0.2) is 28.4 Å². The fraction of sp³-hybridized carbons (Fsp3) is 0.300. The molecule has 0 radical (unpaired) electrons. The van der Waals surface area contributed by atoms with Crippen molar-refractivity contribution in [1.29, 1.82) is 0 Å². The largest absolute Gasteiger partial charge is 0.490 e. The third-order valence-corrected chi connectivity index (χ3v) is 4.11. The lowest BCUT2D eigenvalue weighted by molar-refractivity contribution is 0.287. The van der Waals surface area contributed by atoms with Gasteiger partial charge in [0.15, 0.2) is 17.3 Å². The van der Waals surface area contributed by atoms with Crippen molar-refractivity contribution in [2.75, 3.05) is 13.2 Å². The minimum Gasteiger partial charge on any atom is -0.490 e. The summed E-state index contributed by atoms with van der Waals surface area (Å²) in [5, 5.41) is 7.29. The first-order valence-corrected chi connectivity index (χ1v) is 8.77. The molecule has 1 heterocycles. The van der Waals surface area contributed by atoms with Gasteiger partial charge in [0.2, 0.25) is 0 Å². The van der Waals surface area contributed by atoms with E-state index < -0.39 is 6.04 Å². The average Bonchev–Trinajstić information content (AvgIpc) is 3.13. The molecule has 0 saturated carbocycles. The topological polar surface area (TPSA) is 86.0 Å². The number of aryl methyl sites for hydroxylation is 1. The molecule has 1 aromatic heterocycles. The second-order valence-corrected chi connectivity index (χ2v) is 5.91. The summed E-state index contributed by atoms with van der Waals surface area (Å²) in [5.74, 6) is 2.64. The first-order chi connectivity index (χ1) is 12.6. The van der Waals surface area contributed by atoms with Crippen molar-refractivity contribution in [3.63, 3.8) is 0 Å². The Bertz CT molecular complexity index is 876. The average molecular weight is 352 g/mol. The van der Waals surface area contributed by atoms with Crippen LogP contribution in [0.5, 0.6) is 11.5 Å². The smallest absolute Gasteiger partial charge is 0.181 e. The molecule has 0 saturated heterocycles. The van der Waals surface area contributed by atoms with Gasteiger partial charge in [0.25, 0.3) is 0 Å². The molecular formula is C20H24N4O2. The van der Waals surface area contributed by atoms with Crippen LogP contribution in [0, 0.1) is 6.92 Å². The number of benzene rings is 2. The van der Waals surface area contributed by atoms with Gasteiger partial charge in [0.1, 0.15) is 5.82 Å². The van der Waals surface area contributed by atoms with Crippen LogP contribution in [0.2, 0.25) is 0 Å². The predicted molar refractivity (Wildman–Crippen MR) is 101 cm³/mol. The van der Waals surface area contributed by atoms with Crippen LogP contribution in [0.3, 0.4) is 0 Å². The van der Waals surface area contributed by atoms with Gasteiger partial charge >= 0.3 is 0 Å². The van der Waals surface area contributed by atoms with Crippen LogP contribution in [0.1, 0.15) is 36.8 Å². The second kappa shape index (κ2) is 8.01. The Morgan fingerprint density at radius 3 is 2.50 bits per heavy atom. The summed E-state index contributed by atoms with van der Waals surface area (Å²) in [6, 6.07) is 13.3. The van der Waals surface area contributed by atoms with Crippen molar-refractivity contribution in [3.8, 4) is 22.9 Å². The highest BCUT2D eigenvalue weighted by Gasteiger charge is 2.17. The first kappa shape index (κ1) is 17.9. The molecule has 0 aliphatic rings. The van der Waals surface area contributed by atoms with Gasteiger partial charge in [-0.3, -0.25) is 5.10 Å². The highest BCUT2D eigenvalue weighted by Crippen LogP contribution is 2.31. The number of aromatic amines is 1. The van der Waals surface area contributed by atoms with E-state index in [4.69, 9.17) is 15.2 Å². The molecule has 0 aliphatic carbocycles. The van der Waals surface area contributed by atoms with Gasteiger partial charge in [-0.15, -0.1) is 0 Å². The zero-order valence-electron chi connectivity index (χ0n) is 15.3. The third kappa shape index (κ3) is 3.70. The lowest BCUT2D eigenvalue weighted by atomic mass is 10.1.